The first-order valence-corrected chi connectivity index (χ1v) is 4.73. The summed E-state index contributed by atoms with van der Waals surface area (Å²) in [4.78, 5) is 9.86. The first kappa shape index (κ1) is 13.0. The second-order valence-electron chi connectivity index (χ2n) is 3.27. The van der Waals surface area contributed by atoms with Crippen molar-refractivity contribution in [2.24, 2.45) is 0 Å². The summed E-state index contributed by atoms with van der Waals surface area (Å²) in [7, 11) is 2.79. The summed E-state index contributed by atoms with van der Waals surface area (Å²) in [5.41, 5.74) is -0.0760. The van der Waals surface area contributed by atoms with Crippen molar-refractivity contribution in [1.29, 1.82) is 0 Å². The second-order valence-corrected chi connectivity index (χ2v) is 3.27. The number of benzene rings is 1. The third kappa shape index (κ3) is 2.93. The molecule has 6 heteroatoms. The molecule has 1 aromatic rings. The zero-order chi connectivity index (χ0) is 13.0. The minimum atomic E-state index is -0.608. The molecule has 0 aliphatic carbocycles. The van der Waals surface area contributed by atoms with Crippen molar-refractivity contribution >= 4 is 6.08 Å². The Kier molecular flexibility index (Phi) is 4.03. The van der Waals surface area contributed by atoms with Gasteiger partial charge in [0.1, 0.15) is 5.82 Å². The number of hydrogen-bond acceptors (Lipinski definition) is 4. The highest BCUT2D eigenvalue weighted by Gasteiger charge is 2.12. The number of ether oxygens (including phenoxy) is 2. The maximum Gasteiger partial charge on any atom is 0.243 e. The van der Waals surface area contributed by atoms with Crippen molar-refractivity contribution in [2.45, 2.75) is 6.92 Å². The number of hydrogen-bond donors (Lipinski definition) is 0. The van der Waals surface area contributed by atoms with Gasteiger partial charge < -0.3 is 9.47 Å². The molecule has 0 spiro atoms. The van der Waals surface area contributed by atoms with Crippen molar-refractivity contribution < 1.29 is 18.8 Å². The summed E-state index contributed by atoms with van der Waals surface area (Å²) in [6, 6.07) is 2.47. The van der Waals surface area contributed by atoms with Gasteiger partial charge in [0, 0.05) is 24.6 Å². The Labute approximate surface area is 97.6 Å². The highest BCUT2D eigenvalue weighted by molar-refractivity contribution is 5.57. The topological polar surface area (TPSA) is 61.6 Å². The normalized spacial score (nSPS) is 11.2. The molecule has 0 unspecified atom stereocenters. The average Bonchev–Trinajstić information content (AvgIpc) is 2.30. The van der Waals surface area contributed by atoms with E-state index in [1.165, 1.54) is 27.2 Å². The minimum absolute atomic E-state index is 0.0804. The van der Waals surface area contributed by atoms with Gasteiger partial charge in [0.15, 0.2) is 11.5 Å². The van der Waals surface area contributed by atoms with Crippen molar-refractivity contribution in [3.8, 4) is 11.5 Å². The van der Waals surface area contributed by atoms with Crippen LogP contribution in [0.1, 0.15) is 12.5 Å². The van der Waals surface area contributed by atoms with E-state index in [1.54, 1.807) is 0 Å². The molecule has 1 aromatic carbocycles. The van der Waals surface area contributed by atoms with Crippen LogP contribution in [0.3, 0.4) is 0 Å². The van der Waals surface area contributed by atoms with Gasteiger partial charge in [0.25, 0.3) is 0 Å². The summed E-state index contributed by atoms with van der Waals surface area (Å²) in [6.07, 6.45) is 1.14. The van der Waals surface area contributed by atoms with Crippen LogP contribution in [-0.2, 0) is 0 Å². The fourth-order valence-electron chi connectivity index (χ4n) is 1.26. The molecule has 0 amide bonds. The van der Waals surface area contributed by atoms with E-state index in [9.17, 15) is 14.5 Å². The third-order valence-electron chi connectivity index (χ3n) is 2.16. The lowest BCUT2D eigenvalue weighted by Gasteiger charge is -2.08. The molecular formula is C11H12FNO4. The van der Waals surface area contributed by atoms with E-state index in [4.69, 9.17) is 9.47 Å². The van der Waals surface area contributed by atoms with Gasteiger partial charge in [-0.15, -0.1) is 0 Å². The van der Waals surface area contributed by atoms with Gasteiger partial charge in [0.05, 0.1) is 19.1 Å². The zero-order valence-electron chi connectivity index (χ0n) is 9.69. The van der Waals surface area contributed by atoms with Crippen LogP contribution >= 0.6 is 0 Å². The predicted octanol–water partition coefficient (Wildman–Crippen LogP) is 2.48. The highest BCUT2D eigenvalue weighted by atomic mass is 19.1. The summed E-state index contributed by atoms with van der Waals surface area (Å²) in [6.45, 7) is 1.29. The van der Waals surface area contributed by atoms with Crippen molar-refractivity contribution in [3.63, 3.8) is 0 Å². The zero-order valence-corrected chi connectivity index (χ0v) is 9.69. The molecule has 0 bridgehead atoms. The van der Waals surface area contributed by atoms with E-state index >= 15 is 0 Å². The van der Waals surface area contributed by atoms with Crippen LogP contribution in [0.2, 0.25) is 0 Å². The van der Waals surface area contributed by atoms with Crippen LogP contribution in [0.25, 0.3) is 6.08 Å². The van der Waals surface area contributed by atoms with Crippen molar-refractivity contribution in [1.82, 2.24) is 0 Å². The molecule has 92 valence electrons. The SMILES string of the molecule is COc1cc(F)c(/C=C(\C)[N+](=O)[O-])cc1OC. The summed E-state index contributed by atoms with van der Waals surface area (Å²) in [5.74, 6) is -0.0546. The lowest BCUT2D eigenvalue weighted by molar-refractivity contribution is -0.422. The van der Waals surface area contributed by atoms with Crippen LogP contribution in [0.4, 0.5) is 4.39 Å². The standard InChI is InChI=1S/C11H12FNO4/c1-7(13(14)15)4-8-5-10(16-2)11(17-3)6-9(8)12/h4-6H,1-3H3/b7-4+. The van der Waals surface area contributed by atoms with Crippen molar-refractivity contribution in [3.05, 3.63) is 39.3 Å². The van der Waals surface area contributed by atoms with Gasteiger partial charge in [0.2, 0.25) is 5.70 Å². The van der Waals surface area contributed by atoms with E-state index in [0.717, 1.165) is 12.1 Å². The first-order chi connectivity index (χ1) is 7.99. The number of rotatable bonds is 4. The number of halogens is 1. The molecule has 0 saturated carbocycles. The Hall–Kier alpha value is -2.11. The molecule has 0 saturated heterocycles. The van der Waals surface area contributed by atoms with Gasteiger partial charge in [-0.25, -0.2) is 4.39 Å². The van der Waals surface area contributed by atoms with E-state index in [1.807, 2.05) is 0 Å². The molecule has 0 radical (unpaired) electrons. The molecule has 17 heavy (non-hydrogen) atoms. The van der Waals surface area contributed by atoms with E-state index < -0.39 is 10.7 Å². The Morgan fingerprint density at radius 1 is 1.35 bits per heavy atom. The fourth-order valence-corrected chi connectivity index (χ4v) is 1.26. The summed E-state index contributed by atoms with van der Waals surface area (Å²) < 4.78 is 23.5. The van der Waals surface area contributed by atoms with Crippen LogP contribution in [0, 0.1) is 15.9 Å². The summed E-state index contributed by atoms with van der Waals surface area (Å²) in [5, 5.41) is 10.5. The number of allylic oxidation sites excluding steroid dienone is 1. The number of nitro groups is 1. The molecule has 0 aromatic heterocycles. The second kappa shape index (κ2) is 5.29. The van der Waals surface area contributed by atoms with E-state index in [-0.39, 0.29) is 17.0 Å². The van der Waals surface area contributed by atoms with Crippen LogP contribution in [0.5, 0.6) is 11.5 Å². The Morgan fingerprint density at radius 3 is 2.35 bits per heavy atom. The van der Waals surface area contributed by atoms with Gasteiger partial charge in [-0.1, -0.05) is 0 Å². The van der Waals surface area contributed by atoms with Gasteiger partial charge >= 0.3 is 0 Å². The first-order valence-electron chi connectivity index (χ1n) is 4.73. The van der Waals surface area contributed by atoms with Crippen LogP contribution in [0.15, 0.2) is 17.8 Å². The predicted molar refractivity (Wildman–Crippen MR) is 60.1 cm³/mol. The molecule has 0 atom stereocenters. The lowest BCUT2D eigenvalue weighted by Crippen LogP contribution is -1.96. The Morgan fingerprint density at radius 2 is 1.88 bits per heavy atom. The molecule has 0 aliphatic heterocycles. The highest BCUT2D eigenvalue weighted by Crippen LogP contribution is 2.30. The monoisotopic (exact) mass is 241 g/mol. The molecular weight excluding hydrogens is 229 g/mol. The molecule has 0 heterocycles. The minimum Gasteiger partial charge on any atom is -0.493 e. The maximum absolute atomic E-state index is 13.6. The van der Waals surface area contributed by atoms with Gasteiger partial charge in [-0.05, 0) is 6.07 Å². The molecule has 0 fully saturated rings. The smallest absolute Gasteiger partial charge is 0.243 e. The van der Waals surface area contributed by atoms with E-state index in [2.05, 4.69) is 0 Å². The summed E-state index contributed by atoms with van der Waals surface area (Å²) >= 11 is 0. The quantitative estimate of drug-likeness (QED) is 0.600. The lowest BCUT2D eigenvalue weighted by atomic mass is 10.1. The third-order valence-corrected chi connectivity index (χ3v) is 2.16. The largest absolute Gasteiger partial charge is 0.493 e. The number of methoxy groups -OCH3 is 2. The Bertz CT molecular complexity index is 471. The molecule has 1 rings (SSSR count). The van der Waals surface area contributed by atoms with Crippen molar-refractivity contribution in [2.75, 3.05) is 14.2 Å². The average molecular weight is 241 g/mol. The van der Waals surface area contributed by atoms with Crippen LogP contribution < -0.4 is 9.47 Å². The van der Waals surface area contributed by atoms with Gasteiger partial charge in [-0.2, -0.15) is 0 Å². The maximum atomic E-state index is 13.6. The molecule has 0 N–H and O–H groups in total. The van der Waals surface area contributed by atoms with E-state index in [0.29, 0.717) is 5.75 Å². The fraction of sp³-hybridized carbons (Fsp3) is 0.273. The Balaban J connectivity index is 3.26. The molecule has 0 aliphatic rings. The number of nitrogens with zero attached hydrogens (tertiary/aromatic N) is 1. The van der Waals surface area contributed by atoms with Gasteiger partial charge in [-0.3, -0.25) is 10.1 Å². The molecule has 5 nitrogen and oxygen atoms in total. The van der Waals surface area contributed by atoms with Crippen LogP contribution in [-0.4, -0.2) is 19.1 Å².